The predicted octanol–water partition coefficient (Wildman–Crippen LogP) is 3.69. The van der Waals surface area contributed by atoms with Gasteiger partial charge in [-0.2, -0.15) is 0 Å². The Morgan fingerprint density at radius 3 is 2.46 bits per heavy atom. The molecule has 8 heteroatoms. The van der Waals surface area contributed by atoms with Gasteiger partial charge in [-0.1, -0.05) is 6.07 Å². The first-order valence-corrected chi connectivity index (χ1v) is 8.93. The SMILES string of the molecule is CNC=O.Cc1ccc(Nc2nc(-c3sc(C)nc3C)cs2)nc1. The Bertz CT molecular complexity index is 795. The lowest BCUT2D eigenvalue weighted by Gasteiger charge is -2.01. The van der Waals surface area contributed by atoms with Crippen molar-refractivity contribution < 1.29 is 4.79 Å². The lowest BCUT2D eigenvalue weighted by molar-refractivity contribution is -0.109. The number of hydrogen-bond donors (Lipinski definition) is 2. The number of aryl methyl sites for hydroxylation is 3. The van der Waals surface area contributed by atoms with Crippen LogP contribution < -0.4 is 10.6 Å². The number of nitrogens with one attached hydrogen (secondary N) is 2. The third-order valence-electron chi connectivity index (χ3n) is 2.90. The maximum absolute atomic E-state index is 9.06. The summed E-state index contributed by atoms with van der Waals surface area (Å²) in [6.45, 7) is 6.06. The van der Waals surface area contributed by atoms with Crippen LogP contribution in [0.5, 0.6) is 0 Å². The molecule has 0 unspecified atom stereocenters. The largest absolute Gasteiger partial charge is 0.362 e. The summed E-state index contributed by atoms with van der Waals surface area (Å²) in [6.07, 6.45) is 2.47. The van der Waals surface area contributed by atoms with Gasteiger partial charge in [0.1, 0.15) is 5.82 Å². The second kappa shape index (κ2) is 8.51. The summed E-state index contributed by atoms with van der Waals surface area (Å²) in [5.74, 6) is 0.814. The first kappa shape index (κ1) is 18.0. The zero-order chi connectivity index (χ0) is 17.5. The molecule has 0 aliphatic heterocycles. The molecular weight excluding hydrogens is 342 g/mol. The second-order valence-electron chi connectivity index (χ2n) is 4.94. The van der Waals surface area contributed by atoms with E-state index in [4.69, 9.17) is 4.79 Å². The molecule has 0 atom stereocenters. The van der Waals surface area contributed by atoms with Gasteiger partial charge in [-0.05, 0) is 32.4 Å². The Hall–Kier alpha value is -2.32. The van der Waals surface area contributed by atoms with Crippen LogP contribution in [0.15, 0.2) is 23.7 Å². The number of amides is 1. The summed E-state index contributed by atoms with van der Waals surface area (Å²) >= 11 is 3.26. The molecule has 3 aromatic heterocycles. The minimum atomic E-state index is 0.625. The van der Waals surface area contributed by atoms with Gasteiger partial charge in [-0.25, -0.2) is 15.0 Å². The molecular formula is C16H19N5OS2. The molecule has 0 radical (unpaired) electrons. The highest BCUT2D eigenvalue weighted by Crippen LogP contribution is 2.32. The lowest BCUT2D eigenvalue weighted by atomic mass is 10.3. The molecule has 3 heterocycles. The Morgan fingerprint density at radius 2 is 1.92 bits per heavy atom. The van der Waals surface area contributed by atoms with Crippen LogP contribution in [0.1, 0.15) is 16.3 Å². The fourth-order valence-electron chi connectivity index (χ4n) is 1.86. The van der Waals surface area contributed by atoms with Crippen molar-refractivity contribution in [2.75, 3.05) is 12.4 Å². The van der Waals surface area contributed by atoms with E-state index in [2.05, 4.69) is 31.0 Å². The Morgan fingerprint density at radius 1 is 1.17 bits per heavy atom. The number of thiazole rings is 2. The molecule has 3 aromatic rings. The van der Waals surface area contributed by atoms with E-state index in [-0.39, 0.29) is 0 Å². The smallest absolute Gasteiger partial charge is 0.206 e. The number of anilines is 2. The topological polar surface area (TPSA) is 79.8 Å². The van der Waals surface area contributed by atoms with Crippen LogP contribution in [0.2, 0.25) is 0 Å². The molecule has 0 spiro atoms. The average molecular weight is 361 g/mol. The number of nitrogens with zero attached hydrogens (tertiary/aromatic N) is 3. The van der Waals surface area contributed by atoms with Gasteiger partial charge in [-0.3, -0.25) is 4.79 Å². The molecule has 0 aromatic carbocycles. The van der Waals surface area contributed by atoms with Crippen molar-refractivity contribution in [3.05, 3.63) is 40.0 Å². The molecule has 0 saturated heterocycles. The van der Waals surface area contributed by atoms with Crippen molar-refractivity contribution in [1.29, 1.82) is 0 Å². The normalized spacial score (nSPS) is 9.83. The van der Waals surface area contributed by atoms with E-state index in [9.17, 15) is 0 Å². The third kappa shape index (κ3) is 4.84. The predicted molar refractivity (Wildman–Crippen MR) is 100 cm³/mol. The summed E-state index contributed by atoms with van der Waals surface area (Å²) in [5, 5.41) is 9.45. The van der Waals surface area contributed by atoms with Crippen LogP contribution in [0.3, 0.4) is 0 Å². The summed E-state index contributed by atoms with van der Waals surface area (Å²) < 4.78 is 0. The van der Waals surface area contributed by atoms with Gasteiger partial charge in [0.15, 0.2) is 5.13 Å². The van der Waals surface area contributed by atoms with Crippen LogP contribution in [0.25, 0.3) is 10.6 Å². The zero-order valence-corrected chi connectivity index (χ0v) is 15.6. The standard InChI is InChI=1S/C14H14N4S2.C2H5NO/c1-8-4-5-12(15-6-8)18-14-17-11(7-19-14)13-9(2)16-10(3)20-13;1-3-2-4/h4-7H,1-3H3,(H,15,17,18);2H,1H3,(H,3,4). The van der Waals surface area contributed by atoms with Gasteiger partial charge < -0.3 is 10.6 Å². The van der Waals surface area contributed by atoms with Gasteiger partial charge in [0, 0.05) is 18.6 Å². The number of carbonyl (C=O) groups is 1. The third-order valence-corrected chi connectivity index (χ3v) is 4.76. The quantitative estimate of drug-likeness (QED) is 0.693. The minimum Gasteiger partial charge on any atom is -0.362 e. The summed E-state index contributed by atoms with van der Waals surface area (Å²) in [4.78, 5) is 23.6. The molecule has 0 saturated carbocycles. The first-order chi connectivity index (χ1) is 11.5. The molecule has 0 fully saturated rings. The van der Waals surface area contributed by atoms with Crippen LogP contribution in [0, 0.1) is 20.8 Å². The van der Waals surface area contributed by atoms with Crippen LogP contribution >= 0.6 is 22.7 Å². The first-order valence-electron chi connectivity index (χ1n) is 7.24. The molecule has 2 N–H and O–H groups in total. The van der Waals surface area contributed by atoms with Crippen LogP contribution in [0.4, 0.5) is 10.9 Å². The van der Waals surface area contributed by atoms with Crippen LogP contribution in [-0.2, 0) is 4.79 Å². The fourth-order valence-corrected chi connectivity index (χ4v) is 3.52. The van der Waals surface area contributed by atoms with Crippen molar-refractivity contribution in [3.63, 3.8) is 0 Å². The van der Waals surface area contributed by atoms with Gasteiger partial charge in [-0.15, -0.1) is 22.7 Å². The van der Waals surface area contributed by atoms with Crippen molar-refractivity contribution in [2.24, 2.45) is 0 Å². The number of aromatic nitrogens is 3. The molecule has 0 bridgehead atoms. The van der Waals surface area contributed by atoms with Crippen LogP contribution in [-0.4, -0.2) is 28.4 Å². The van der Waals surface area contributed by atoms with Gasteiger partial charge in [0.25, 0.3) is 0 Å². The van der Waals surface area contributed by atoms with Crippen molar-refractivity contribution >= 4 is 40.0 Å². The molecule has 3 rings (SSSR count). The molecule has 6 nitrogen and oxygen atoms in total. The van der Waals surface area contributed by atoms with Gasteiger partial charge in [0.05, 0.1) is 21.3 Å². The van der Waals surface area contributed by atoms with Crippen molar-refractivity contribution in [1.82, 2.24) is 20.3 Å². The minimum absolute atomic E-state index is 0.625. The molecule has 0 aliphatic carbocycles. The highest BCUT2D eigenvalue weighted by Gasteiger charge is 2.11. The number of pyridine rings is 1. The van der Waals surface area contributed by atoms with Gasteiger partial charge in [0.2, 0.25) is 6.41 Å². The number of rotatable bonds is 4. The maximum atomic E-state index is 9.06. The lowest BCUT2D eigenvalue weighted by Crippen LogP contribution is -1.98. The number of carbonyl (C=O) groups excluding carboxylic acids is 1. The molecule has 0 aliphatic rings. The maximum Gasteiger partial charge on any atom is 0.206 e. The zero-order valence-electron chi connectivity index (χ0n) is 14.0. The van der Waals surface area contributed by atoms with E-state index < -0.39 is 0 Å². The fraction of sp³-hybridized carbons (Fsp3) is 0.250. The van der Waals surface area contributed by atoms with E-state index in [0.717, 1.165) is 37.8 Å². The van der Waals surface area contributed by atoms with E-state index >= 15 is 0 Å². The molecule has 1 amide bonds. The molecule has 126 valence electrons. The average Bonchev–Trinajstić information content (AvgIpc) is 3.16. The highest BCUT2D eigenvalue weighted by molar-refractivity contribution is 7.16. The monoisotopic (exact) mass is 361 g/mol. The Kier molecular flexibility index (Phi) is 6.39. The summed E-state index contributed by atoms with van der Waals surface area (Å²) in [7, 11) is 1.56. The van der Waals surface area contributed by atoms with Crippen molar-refractivity contribution in [2.45, 2.75) is 20.8 Å². The number of hydrogen-bond acceptors (Lipinski definition) is 7. The van der Waals surface area contributed by atoms with E-state index in [1.807, 2.05) is 39.1 Å². The van der Waals surface area contributed by atoms with Gasteiger partial charge >= 0.3 is 0 Å². The van der Waals surface area contributed by atoms with E-state index in [0.29, 0.717) is 6.41 Å². The highest BCUT2D eigenvalue weighted by atomic mass is 32.1. The van der Waals surface area contributed by atoms with Crippen molar-refractivity contribution in [3.8, 4) is 10.6 Å². The second-order valence-corrected chi connectivity index (χ2v) is 7.00. The van der Waals surface area contributed by atoms with E-state index in [1.54, 1.807) is 29.7 Å². The Labute approximate surface area is 149 Å². The Balaban J connectivity index is 0.000000471. The van der Waals surface area contributed by atoms with E-state index in [1.165, 1.54) is 0 Å². The summed E-state index contributed by atoms with van der Waals surface area (Å²) in [5.41, 5.74) is 3.16. The molecule has 24 heavy (non-hydrogen) atoms. The summed E-state index contributed by atoms with van der Waals surface area (Å²) in [6, 6.07) is 3.99.